The van der Waals surface area contributed by atoms with Gasteiger partial charge in [-0.2, -0.15) is 18.3 Å². The van der Waals surface area contributed by atoms with E-state index in [4.69, 9.17) is 0 Å². The van der Waals surface area contributed by atoms with Gasteiger partial charge in [0, 0.05) is 11.6 Å². The number of halogens is 4. The van der Waals surface area contributed by atoms with Crippen molar-refractivity contribution in [3.63, 3.8) is 0 Å². The Morgan fingerprint density at radius 2 is 1.96 bits per heavy atom. The van der Waals surface area contributed by atoms with Crippen molar-refractivity contribution in [1.82, 2.24) is 19.7 Å². The third-order valence-electron chi connectivity index (χ3n) is 3.23. The molecule has 0 bridgehead atoms. The summed E-state index contributed by atoms with van der Waals surface area (Å²) < 4.78 is 57.3. The average Bonchev–Trinajstić information content (AvgIpc) is 2.94. The molecule has 3 rings (SSSR count). The van der Waals surface area contributed by atoms with E-state index in [1.54, 1.807) is 6.07 Å². The van der Waals surface area contributed by atoms with Crippen LogP contribution in [-0.2, 0) is 6.54 Å². The number of nitrogens with zero attached hydrogens (tertiary/aromatic N) is 3. The molecule has 0 unspecified atom stereocenters. The van der Waals surface area contributed by atoms with E-state index in [1.165, 1.54) is 18.2 Å². The third kappa shape index (κ3) is 3.67. The standard InChI is InChI=1S/C15H10F4N4O2/c16-9-4-2-1-3-8(9)7-23-12(25-15(18)19)5-11(22-23)13-20-6-10(17)14(24)21-13/h1-6,15H,7H2,(H,20,21,24). The van der Waals surface area contributed by atoms with Crippen LogP contribution in [0.15, 0.2) is 41.3 Å². The van der Waals surface area contributed by atoms with Crippen molar-refractivity contribution in [2.24, 2.45) is 0 Å². The van der Waals surface area contributed by atoms with Gasteiger partial charge in [0.25, 0.3) is 5.56 Å². The molecule has 10 heteroatoms. The SMILES string of the molecule is O=c1[nH]c(-c2cc(OC(F)F)n(Cc3ccccc3F)n2)ncc1F. The normalized spacial score (nSPS) is 11.1. The predicted molar refractivity (Wildman–Crippen MR) is 78.2 cm³/mol. The van der Waals surface area contributed by atoms with Gasteiger partial charge in [0.1, 0.15) is 11.5 Å². The van der Waals surface area contributed by atoms with Gasteiger partial charge in [-0.25, -0.2) is 14.1 Å². The van der Waals surface area contributed by atoms with Crippen LogP contribution in [0, 0.1) is 11.6 Å². The Morgan fingerprint density at radius 3 is 2.64 bits per heavy atom. The van der Waals surface area contributed by atoms with Crippen LogP contribution in [0.25, 0.3) is 11.5 Å². The summed E-state index contributed by atoms with van der Waals surface area (Å²) in [6.45, 7) is -3.33. The number of aromatic amines is 1. The molecule has 3 aromatic rings. The van der Waals surface area contributed by atoms with Gasteiger partial charge in [0.2, 0.25) is 11.7 Å². The zero-order valence-corrected chi connectivity index (χ0v) is 12.4. The number of benzene rings is 1. The summed E-state index contributed by atoms with van der Waals surface area (Å²) in [7, 11) is 0. The Kier molecular flexibility index (Phi) is 4.50. The molecule has 2 heterocycles. The van der Waals surface area contributed by atoms with Crippen molar-refractivity contribution >= 4 is 0 Å². The van der Waals surface area contributed by atoms with Crippen LogP contribution in [0.1, 0.15) is 5.56 Å². The molecule has 25 heavy (non-hydrogen) atoms. The van der Waals surface area contributed by atoms with Gasteiger partial charge in [0.15, 0.2) is 5.82 Å². The summed E-state index contributed by atoms with van der Waals surface area (Å²) in [5.74, 6) is -2.15. The molecule has 0 spiro atoms. The summed E-state index contributed by atoms with van der Waals surface area (Å²) in [6, 6.07) is 6.82. The van der Waals surface area contributed by atoms with Crippen LogP contribution in [0.3, 0.4) is 0 Å². The summed E-state index contributed by atoms with van der Waals surface area (Å²) in [5, 5.41) is 3.98. The second-order valence-corrected chi connectivity index (χ2v) is 4.90. The summed E-state index contributed by atoms with van der Waals surface area (Å²) in [6.07, 6.45) is 0.678. The second kappa shape index (κ2) is 6.75. The molecule has 0 aliphatic carbocycles. The first-order valence-corrected chi connectivity index (χ1v) is 6.95. The van der Waals surface area contributed by atoms with E-state index in [9.17, 15) is 22.4 Å². The lowest BCUT2D eigenvalue weighted by Crippen LogP contribution is -2.13. The van der Waals surface area contributed by atoms with Gasteiger partial charge in [-0.3, -0.25) is 4.79 Å². The lowest BCUT2D eigenvalue weighted by molar-refractivity contribution is -0.0556. The molecule has 0 amide bonds. The van der Waals surface area contributed by atoms with Crippen LogP contribution in [-0.4, -0.2) is 26.4 Å². The summed E-state index contributed by atoms with van der Waals surface area (Å²) in [4.78, 5) is 17.1. The minimum atomic E-state index is -3.14. The number of alkyl halides is 2. The molecule has 0 radical (unpaired) electrons. The van der Waals surface area contributed by atoms with E-state index in [0.717, 1.165) is 10.7 Å². The van der Waals surface area contributed by atoms with Crippen LogP contribution >= 0.6 is 0 Å². The monoisotopic (exact) mass is 354 g/mol. The molecular weight excluding hydrogens is 344 g/mol. The fraction of sp³-hybridized carbons (Fsp3) is 0.133. The molecule has 0 aliphatic heterocycles. The third-order valence-corrected chi connectivity index (χ3v) is 3.23. The Labute approximate surface area is 137 Å². The molecule has 0 saturated carbocycles. The molecule has 1 aromatic carbocycles. The molecule has 0 fully saturated rings. The van der Waals surface area contributed by atoms with Gasteiger partial charge >= 0.3 is 6.61 Å². The van der Waals surface area contributed by atoms with E-state index < -0.39 is 23.8 Å². The highest BCUT2D eigenvalue weighted by molar-refractivity contribution is 5.50. The minimum absolute atomic E-state index is 0.0379. The number of aromatic nitrogens is 4. The van der Waals surface area contributed by atoms with Crippen LogP contribution in [0.2, 0.25) is 0 Å². The number of ether oxygens (including phenoxy) is 1. The maximum atomic E-state index is 13.8. The van der Waals surface area contributed by atoms with Crippen LogP contribution in [0.5, 0.6) is 5.88 Å². The topological polar surface area (TPSA) is 72.8 Å². The van der Waals surface area contributed by atoms with Crippen LogP contribution < -0.4 is 10.3 Å². The highest BCUT2D eigenvalue weighted by Gasteiger charge is 2.17. The number of hydrogen-bond acceptors (Lipinski definition) is 4. The lowest BCUT2D eigenvalue weighted by Gasteiger charge is -2.08. The first-order chi connectivity index (χ1) is 11.9. The zero-order valence-electron chi connectivity index (χ0n) is 12.4. The first-order valence-electron chi connectivity index (χ1n) is 6.95. The fourth-order valence-corrected chi connectivity index (χ4v) is 2.11. The number of hydrogen-bond donors (Lipinski definition) is 1. The van der Waals surface area contributed by atoms with Crippen molar-refractivity contribution in [1.29, 1.82) is 0 Å². The fourth-order valence-electron chi connectivity index (χ4n) is 2.11. The van der Waals surface area contributed by atoms with Crippen molar-refractivity contribution in [3.8, 4) is 17.4 Å². The number of H-pyrrole nitrogens is 1. The van der Waals surface area contributed by atoms with Crippen molar-refractivity contribution in [3.05, 3.63) is 64.1 Å². The van der Waals surface area contributed by atoms with Gasteiger partial charge in [-0.15, -0.1) is 0 Å². The van der Waals surface area contributed by atoms with E-state index in [1.807, 2.05) is 0 Å². The van der Waals surface area contributed by atoms with Gasteiger partial charge in [-0.05, 0) is 6.07 Å². The largest absolute Gasteiger partial charge is 0.417 e. The summed E-state index contributed by atoms with van der Waals surface area (Å²) >= 11 is 0. The first kappa shape index (κ1) is 16.7. The Hall–Kier alpha value is -3.17. The van der Waals surface area contributed by atoms with Crippen LogP contribution in [0.4, 0.5) is 17.6 Å². The van der Waals surface area contributed by atoms with Crippen molar-refractivity contribution in [2.45, 2.75) is 13.2 Å². The maximum absolute atomic E-state index is 13.8. The lowest BCUT2D eigenvalue weighted by atomic mass is 10.2. The smallest absolute Gasteiger partial charge is 0.388 e. The molecule has 0 atom stereocenters. The molecule has 2 aromatic heterocycles. The predicted octanol–water partition coefficient (Wildman–Crippen LogP) is 2.56. The molecule has 130 valence electrons. The Bertz CT molecular complexity index is 955. The number of rotatable bonds is 5. The minimum Gasteiger partial charge on any atom is -0.417 e. The molecular formula is C15H10F4N4O2. The highest BCUT2D eigenvalue weighted by atomic mass is 19.3. The van der Waals surface area contributed by atoms with E-state index in [0.29, 0.717) is 6.20 Å². The van der Waals surface area contributed by atoms with Crippen molar-refractivity contribution in [2.75, 3.05) is 0 Å². The Morgan fingerprint density at radius 1 is 1.20 bits per heavy atom. The highest BCUT2D eigenvalue weighted by Crippen LogP contribution is 2.23. The van der Waals surface area contributed by atoms with E-state index >= 15 is 0 Å². The van der Waals surface area contributed by atoms with E-state index in [2.05, 4.69) is 19.8 Å². The molecule has 6 nitrogen and oxygen atoms in total. The maximum Gasteiger partial charge on any atom is 0.388 e. The van der Waals surface area contributed by atoms with Crippen molar-refractivity contribution < 1.29 is 22.3 Å². The zero-order chi connectivity index (χ0) is 18.0. The number of nitrogens with one attached hydrogen (secondary N) is 1. The van der Waals surface area contributed by atoms with Gasteiger partial charge < -0.3 is 9.72 Å². The Balaban J connectivity index is 2.01. The van der Waals surface area contributed by atoms with Gasteiger partial charge in [0.05, 0.1) is 12.7 Å². The second-order valence-electron chi connectivity index (χ2n) is 4.90. The quantitative estimate of drug-likeness (QED) is 0.715. The summed E-state index contributed by atoms with van der Waals surface area (Å²) in [5.41, 5.74) is -0.883. The average molecular weight is 354 g/mol. The molecule has 0 aliphatic rings. The molecule has 1 N–H and O–H groups in total. The van der Waals surface area contributed by atoms with Gasteiger partial charge in [-0.1, -0.05) is 18.2 Å². The molecule has 0 saturated heterocycles. The van der Waals surface area contributed by atoms with E-state index in [-0.39, 0.29) is 29.5 Å².